The number of ether oxygens (including phenoxy) is 1. The standard InChI is InChI=1S/C18H26N4O/c1-13(2)9-11-19-18-20-12-10-17(22-18)21-15-7-5-6-8-16(15)23-14(3)4/h5-8,10,12-14H,9,11H2,1-4H3,(H2,19,20,21,22). The van der Waals surface area contributed by atoms with Gasteiger partial charge < -0.3 is 15.4 Å². The molecule has 5 heteroatoms. The minimum atomic E-state index is 0.122. The quantitative estimate of drug-likeness (QED) is 0.753. The van der Waals surface area contributed by atoms with Crippen LogP contribution < -0.4 is 15.4 Å². The largest absolute Gasteiger partial charge is 0.489 e. The van der Waals surface area contributed by atoms with Crippen molar-refractivity contribution in [2.75, 3.05) is 17.2 Å². The van der Waals surface area contributed by atoms with E-state index in [1.807, 2.05) is 44.2 Å². The molecule has 0 amide bonds. The van der Waals surface area contributed by atoms with Crippen molar-refractivity contribution in [3.05, 3.63) is 36.5 Å². The molecule has 2 rings (SSSR count). The molecule has 0 aliphatic heterocycles. The Kier molecular flexibility index (Phi) is 6.20. The van der Waals surface area contributed by atoms with E-state index in [0.29, 0.717) is 11.9 Å². The number of nitrogens with one attached hydrogen (secondary N) is 2. The number of benzene rings is 1. The molecule has 0 radical (unpaired) electrons. The van der Waals surface area contributed by atoms with Gasteiger partial charge in [0.2, 0.25) is 5.95 Å². The molecule has 1 aromatic carbocycles. The molecule has 0 aliphatic rings. The lowest BCUT2D eigenvalue weighted by molar-refractivity contribution is 0.244. The second kappa shape index (κ2) is 8.36. The Morgan fingerprint density at radius 1 is 1.09 bits per heavy atom. The zero-order valence-corrected chi connectivity index (χ0v) is 14.3. The summed E-state index contributed by atoms with van der Waals surface area (Å²) in [6.45, 7) is 9.29. The zero-order chi connectivity index (χ0) is 16.7. The first kappa shape index (κ1) is 17.1. The molecule has 124 valence electrons. The highest BCUT2D eigenvalue weighted by Crippen LogP contribution is 2.27. The van der Waals surface area contributed by atoms with Gasteiger partial charge in [-0.25, -0.2) is 4.98 Å². The Balaban J connectivity index is 2.06. The molecule has 0 spiro atoms. The van der Waals surface area contributed by atoms with Gasteiger partial charge in [0.05, 0.1) is 11.8 Å². The summed E-state index contributed by atoms with van der Waals surface area (Å²) in [6.07, 6.45) is 2.96. The van der Waals surface area contributed by atoms with Gasteiger partial charge in [-0.1, -0.05) is 26.0 Å². The molecular weight excluding hydrogens is 288 g/mol. The molecule has 5 nitrogen and oxygen atoms in total. The fourth-order valence-corrected chi connectivity index (χ4v) is 2.05. The van der Waals surface area contributed by atoms with Gasteiger partial charge in [-0.3, -0.25) is 0 Å². The van der Waals surface area contributed by atoms with Gasteiger partial charge in [0, 0.05) is 12.7 Å². The summed E-state index contributed by atoms with van der Waals surface area (Å²) in [6, 6.07) is 9.71. The predicted molar refractivity (Wildman–Crippen MR) is 95.5 cm³/mol. The molecule has 0 saturated heterocycles. The molecule has 1 heterocycles. The number of rotatable bonds is 8. The van der Waals surface area contributed by atoms with E-state index >= 15 is 0 Å². The lowest BCUT2D eigenvalue weighted by atomic mass is 10.1. The van der Waals surface area contributed by atoms with Gasteiger partial charge in [0.25, 0.3) is 0 Å². The van der Waals surface area contributed by atoms with E-state index in [0.717, 1.165) is 30.2 Å². The maximum absolute atomic E-state index is 5.82. The minimum Gasteiger partial charge on any atom is -0.489 e. The minimum absolute atomic E-state index is 0.122. The predicted octanol–water partition coefficient (Wildman–Crippen LogP) is 4.47. The van der Waals surface area contributed by atoms with Gasteiger partial charge in [-0.05, 0) is 44.4 Å². The van der Waals surface area contributed by atoms with Crippen molar-refractivity contribution < 1.29 is 4.74 Å². The fraction of sp³-hybridized carbons (Fsp3) is 0.444. The monoisotopic (exact) mass is 314 g/mol. The average Bonchev–Trinajstić information content (AvgIpc) is 2.49. The summed E-state index contributed by atoms with van der Waals surface area (Å²) in [5.41, 5.74) is 0.896. The van der Waals surface area contributed by atoms with Crippen molar-refractivity contribution in [3.63, 3.8) is 0 Å². The highest BCUT2D eigenvalue weighted by Gasteiger charge is 2.07. The number of hydrogen-bond acceptors (Lipinski definition) is 5. The lowest BCUT2D eigenvalue weighted by Crippen LogP contribution is -2.09. The highest BCUT2D eigenvalue weighted by molar-refractivity contribution is 5.64. The van der Waals surface area contributed by atoms with Crippen LogP contribution in [0, 0.1) is 5.92 Å². The van der Waals surface area contributed by atoms with Crippen molar-refractivity contribution in [1.82, 2.24) is 9.97 Å². The van der Waals surface area contributed by atoms with Crippen LogP contribution in [-0.2, 0) is 0 Å². The molecule has 23 heavy (non-hydrogen) atoms. The van der Waals surface area contributed by atoms with Crippen LogP contribution in [0.5, 0.6) is 5.75 Å². The molecule has 2 N–H and O–H groups in total. The van der Waals surface area contributed by atoms with E-state index < -0.39 is 0 Å². The number of aromatic nitrogens is 2. The van der Waals surface area contributed by atoms with Crippen LogP contribution in [0.25, 0.3) is 0 Å². The molecule has 0 saturated carbocycles. The topological polar surface area (TPSA) is 59.1 Å². The summed E-state index contributed by atoms with van der Waals surface area (Å²) < 4.78 is 5.82. The summed E-state index contributed by atoms with van der Waals surface area (Å²) in [5, 5.41) is 6.56. The fourth-order valence-electron chi connectivity index (χ4n) is 2.05. The van der Waals surface area contributed by atoms with E-state index in [2.05, 4.69) is 34.4 Å². The molecular formula is C18H26N4O. The second-order valence-electron chi connectivity index (χ2n) is 6.16. The van der Waals surface area contributed by atoms with E-state index in [1.54, 1.807) is 6.20 Å². The van der Waals surface area contributed by atoms with Crippen molar-refractivity contribution in [2.24, 2.45) is 5.92 Å². The Labute approximate surface area is 138 Å². The van der Waals surface area contributed by atoms with Crippen LogP contribution in [0.1, 0.15) is 34.1 Å². The molecule has 0 bridgehead atoms. The molecule has 0 unspecified atom stereocenters. The maximum Gasteiger partial charge on any atom is 0.224 e. The third-order valence-corrected chi connectivity index (χ3v) is 3.17. The van der Waals surface area contributed by atoms with Crippen LogP contribution in [0.4, 0.5) is 17.5 Å². The Morgan fingerprint density at radius 3 is 2.61 bits per heavy atom. The van der Waals surface area contributed by atoms with Crippen LogP contribution in [-0.4, -0.2) is 22.6 Å². The van der Waals surface area contributed by atoms with E-state index in [1.165, 1.54) is 0 Å². The number of para-hydroxylation sites is 2. The number of anilines is 3. The van der Waals surface area contributed by atoms with Gasteiger partial charge in [-0.2, -0.15) is 4.98 Å². The molecule has 0 aliphatic carbocycles. The Bertz CT molecular complexity index is 613. The van der Waals surface area contributed by atoms with Gasteiger partial charge in [0.15, 0.2) is 0 Å². The average molecular weight is 314 g/mol. The molecule has 2 aromatic rings. The second-order valence-corrected chi connectivity index (χ2v) is 6.16. The number of hydrogen-bond donors (Lipinski definition) is 2. The Hall–Kier alpha value is -2.30. The first-order valence-corrected chi connectivity index (χ1v) is 8.14. The lowest BCUT2D eigenvalue weighted by Gasteiger charge is -2.15. The molecule has 1 aromatic heterocycles. The summed E-state index contributed by atoms with van der Waals surface area (Å²) >= 11 is 0. The third kappa shape index (κ3) is 5.77. The SMILES string of the molecule is CC(C)CCNc1nccc(Nc2ccccc2OC(C)C)n1. The Morgan fingerprint density at radius 2 is 1.87 bits per heavy atom. The zero-order valence-electron chi connectivity index (χ0n) is 14.3. The van der Waals surface area contributed by atoms with E-state index in [-0.39, 0.29) is 6.10 Å². The molecule has 0 atom stereocenters. The van der Waals surface area contributed by atoms with Crippen LogP contribution >= 0.6 is 0 Å². The van der Waals surface area contributed by atoms with E-state index in [4.69, 9.17) is 4.74 Å². The third-order valence-electron chi connectivity index (χ3n) is 3.17. The summed E-state index contributed by atoms with van der Waals surface area (Å²) in [7, 11) is 0. The summed E-state index contributed by atoms with van der Waals surface area (Å²) in [5.74, 6) is 2.85. The summed E-state index contributed by atoms with van der Waals surface area (Å²) in [4.78, 5) is 8.75. The van der Waals surface area contributed by atoms with Crippen molar-refractivity contribution in [3.8, 4) is 5.75 Å². The molecule has 0 fully saturated rings. The van der Waals surface area contributed by atoms with Crippen LogP contribution in [0.15, 0.2) is 36.5 Å². The highest BCUT2D eigenvalue weighted by atomic mass is 16.5. The van der Waals surface area contributed by atoms with Crippen LogP contribution in [0.3, 0.4) is 0 Å². The van der Waals surface area contributed by atoms with Gasteiger partial charge in [0.1, 0.15) is 11.6 Å². The van der Waals surface area contributed by atoms with Gasteiger partial charge >= 0.3 is 0 Å². The first-order valence-electron chi connectivity index (χ1n) is 8.14. The smallest absolute Gasteiger partial charge is 0.224 e. The number of nitrogens with zero attached hydrogens (tertiary/aromatic N) is 2. The van der Waals surface area contributed by atoms with Gasteiger partial charge in [-0.15, -0.1) is 0 Å². The maximum atomic E-state index is 5.82. The van der Waals surface area contributed by atoms with Crippen molar-refractivity contribution in [2.45, 2.75) is 40.2 Å². The van der Waals surface area contributed by atoms with Crippen molar-refractivity contribution in [1.29, 1.82) is 0 Å². The van der Waals surface area contributed by atoms with Crippen LogP contribution in [0.2, 0.25) is 0 Å². The van der Waals surface area contributed by atoms with Crippen molar-refractivity contribution >= 4 is 17.5 Å². The first-order chi connectivity index (χ1) is 11.0. The normalized spacial score (nSPS) is 10.9. The van der Waals surface area contributed by atoms with E-state index in [9.17, 15) is 0 Å².